The van der Waals surface area contributed by atoms with Crippen molar-refractivity contribution in [2.75, 3.05) is 4.90 Å². The zero-order valence-electron chi connectivity index (χ0n) is 22.2. The molecule has 5 heterocycles. The Morgan fingerprint density at radius 1 is 1.10 bits per heavy atom. The molecule has 0 unspecified atom stereocenters. The highest BCUT2D eigenvalue weighted by atomic mass is 32.1. The van der Waals surface area contributed by atoms with Crippen LogP contribution in [0.4, 0.5) is 18.3 Å². The van der Waals surface area contributed by atoms with E-state index in [4.69, 9.17) is 14.2 Å². The van der Waals surface area contributed by atoms with Crippen LogP contribution in [-0.4, -0.2) is 45.8 Å². The van der Waals surface area contributed by atoms with E-state index in [2.05, 4.69) is 14.8 Å². The Labute approximate surface area is 246 Å². The number of anilines is 1. The first-order chi connectivity index (χ1) is 20.2. The molecule has 1 aliphatic carbocycles. The van der Waals surface area contributed by atoms with Crippen LogP contribution in [0, 0.1) is 0 Å². The number of para-hydroxylation sites is 1. The van der Waals surface area contributed by atoms with Gasteiger partial charge in [0.1, 0.15) is 22.1 Å². The fourth-order valence-electron chi connectivity index (χ4n) is 6.09. The Morgan fingerprint density at radius 3 is 2.55 bits per heavy atom. The average molecular weight is 618 g/mol. The van der Waals surface area contributed by atoms with Crippen molar-refractivity contribution in [2.45, 2.75) is 75.6 Å². The maximum atomic E-state index is 13.1. The first-order valence-electron chi connectivity index (χ1n) is 13.7. The molecular weight excluding hydrogens is 591 g/mol. The van der Waals surface area contributed by atoms with Gasteiger partial charge in [-0.1, -0.05) is 17.3 Å². The quantitative estimate of drug-likeness (QED) is 0.204. The number of nitrogens with zero attached hydrogens (tertiary/aromatic N) is 3. The third-order valence-corrected chi connectivity index (χ3v) is 9.88. The van der Waals surface area contributed by atoms with Gasteiger partial charge in [0.15, 0.2) is 5.13 Å². The van der Waals surface area contributed by atoms with E-state index in [9.17, 15) is 23.1 Å². The third-order valence-electron chi connectivity index (χ3n) is 8.11. The molecule has 0 amide bonds. The number of thiazole rings is 1. The van der Waals surface area contributed by atoms with Crippen LogP contribution < -0.4 is 9.64 Å². The van der Waals surface area contributed by atoms with E-state index in [1.807, 2.05) is 10.8 Å². The first-order valence-corrected chi connectivity index (χ1v) is 15.5. The lowest BCUT2D eigenvalue weighted by Crippen LogP contribution is -2.45. The molecule has 3 fully saturated rings. The number of aromatic nitrogens is 2. The van der Waals surface area contributed by atoms with E-state index in [0.717, 1.165) is 54.9 Å². The van der Waals surface area contributed by atoms with Crippen LogP contribution in [0.1, 0.15) is 65.4 Å². The number of piperidine rings is 1. The molecule has 3 aromatic heterocycles. The van der Waals surface area contributed by atoms with E-state index < -0.39 is 12.3 Å². The van der Waals surface area contributed by atoms with Crippen molar-refractivity contribution in [2.24, 2.45) is 0 Å². The van der Waals surface area contributed by atoms with Gasteiger partial charge in [0.2, 0.25) is 0 Å². The Hall–Kier alpha value is -3.42. The van der Waals surface area contributed by atoms with Crippen LogP contribution in [0.3, 0.4) is 0 Å². The lowest BCUT2D eigenvalue weighted by atomic mass is 10.00. The number of hydrogen-bond acceptors (Lipinski definition) is 9. The van der Waals surface area contributed by atoms with E-state index in [0.29, 0.717) is 17.0 Å². The number of ether oxygens (including phenoxy) is 2. The van der Waals surface area contributed by atoms with Crippen LogP contribution in [0.25, 0.3) is 22.5 Å². The second-order valence-corrected chi connectivity index (χ2v) is 12.7. The number of halogens is 3. The van der Waals surface area contributed by atoms with Crippen molar-refractivity contribution in [1.82, 2.24) is 10.1 Å². The van der Waals surface area contributed by atoms with Gasteiger partial charge in [-0.15, -0.1) is 35.8 Å². The number of aromatic carboxylic acids is 1. The maximum Gasteiger partial charge on any atom is 0.573 e. The summed E-state index contributed by atoms with van der Waals surface area (Å²) in [5, 5.41) is 18.2. The minimum Gasteiger partial charge on any atom is -0.477 e. The van der Waals surface area contributed by atoms with Gasteiger partial charge in [-0.3, -0.25) is 0 Å². The number of carboxylic acids is 1. The summed E-state index contributed by atoms with van der Waals surface area (Å²) in [7, 11) is 0. The fourth-order valence-corrected chi connectivity index (χ4v) is 7.81. The lowest BCUT2D eigenvalue weighted by Gasteiger charge is -2.38. The summed E-state index contributed by atoms with van der Waals surface area (Å²) in [6.45, 7) is 0.195. The molecule has 13 heteroatoms. The second kappa shape index (κ2) is 10.7. The largest absolute Gasteiger partial charge is 0.573 e. The molecule has 1 N–H and O–H groups in total. The van der Waals surface area contributed by atoms with Gasteiger partial charge < -0.3 is 24.0 Å². The van der Waals surface area contributed by atoms with Crippen molar-refractivity contribution in [1.29, 1.82) is 0 Å². The van der Waals surface area contributed by atoms with Gasteiger partial charge >= 0.3 is 12.3 Å². The number of alkyl halides is 3. The summed E-state index contributed by atoms with van der Waals surface area (Å²) in [4.78, 5) is 18.8. The number of carboxylic acid groups (broad SMARTS) is 1. The monoisotopic (exact) mass is 617 g/mol. The number of fused-ring (bicyclic) bond motifs is 2. The van der Waals surface area contributed by atoms with Crippen LogP contribution in [0.15, 0.2) is 45.6 Å². The highest BCUT2D eigenvalue weighted by Crippen LogP contribution is 2.47. The molecule has 0 spiro atoms. The standard InChI is InChI=1S/C29H26F3N3O5S2/c30-29(31,32)39-23-4-2-1-3-20(23)25-21(26(40-34-25)15-5-6-15)12-38-19-10-17-7-8-18(11-19)35(17)28-33-22(14-42-28)16-9-24(27(36)37)41-13-16/h1-4,9,13-15,17-19H,5-8,10-12H2,(H,36,37)/t17-,18+,19+. The second-order valence-electron chi connectivity index (χ2n) is 10.9. The van der Waals surface area contributed by atoms with E-state index >= 15 is 0 Å². The van der Waals surface area contributed by atoms with E-state index in [1.165, 1.54) is 23.5 Å². The average Bonchev–Trinajstić information content (AvgIpc) is 3.29. The van der Waals surface area contributed by atoms with Crippen LogP contribution >= 0.6 is 22.7 Å². The Kier molecular flexibility index (Phi) is 6.98. The molecule has 1 saturated carbocycles. The maximum absolute atomic E-state index is 13.1. The molecule has 4 aromatic rings. The number of hydrogen-bond donors (Lipinski definition) is 1. The highest BCUT2D eigenvalue weighted by molar-refractivity contribution is 7.14. The molecule has 1 aromatic carbocycles. The van der Waals surface area contributed by atoms with Gasteiger partial charge in [-0.25, -0.2) is 9.78 Å². The lowest BCUT2D eigenvalue weighted by molar-refractivity contribution is -0.274. The van der Waals surface area contributed by atoms with Gasteiger partial charge in [0.05, 0.1) is 18.4 Å². The van der Waals surface area contributed by atoms with Crippen molar-refractivity contribution in [3.8, 4) is 28.3 Å². The molecule has 220 valence electrons. The Morgan fingerprint density at radius 2 is 1.86 bits per heavy atom. The topological polar surface area (TPSA) is 97.9 Å². The minimum atomic E-state index is -4.83. The fraction of sp³-hybridized carbons (Fsp3) is 0.414. The number of rotatable bonds is 9. The summed E-state index contributed by atoms with van der Waals surface area (Å²) < 4.78 is 55.7. The summed E-state index contributed by atoms with van der Waals surface area (Å²) in [5.41, 5.74) is 2.82. The third kappa shape index (κ3) is 5.40. The number of carbonyl (C=O) groups is 1. The van der Waals surface area contributed by atoms with Gasteiger partial charge in [-0.05, 0) is 56.7 Å². The Balaban J connectivity index is 1.07. The molecule has 7 rings (SSSR count). The predicted octanol–water partition coefficient (Wildman–Crippen LogP) is 7.72. The highest BCUT2D eigenvalue weighted by Gasteiger charge is 2.43. The van der Waals surface area contributed by atoms with Crippen LogP contribution in [0.5, 0.6) is 5.75 Å². The van der Waals surface area contributed by atoms with Gasteiger partial charge in [0.25, 0.3) is 0 Å². The van der Waals surface area contributed by atoms with E-state index in [-0.39, 0.29) is 46.9 Å². The normalized spacial score (nSPS) is 22.1. The number of benzene rings is 1. The van der Waals surface area contributed by atoms with Gasteiger partial charge in [-0.2, -0.15) is 0 Å². The molecule has 2 saturated heterocycles. The van der Waals surface area contributed by atoms with Crippen molar-refractivity contribution < 1.29 is 37.1 Å². The number of thiophene rings is 1. The summed E-state index contributed by atoms with van der Waals surface area (Å²) in [6, 6.07) is 8.15. The molecule has 42 heavy (non-hydrogen) atoms. The SMILES string of the molecule is O=C(O)c1cc(-c2csc(N3[C@@H]4CC[C@H]3C[C@@H](OCc3c(-c5ccccc5OC(F)(F)F)noc3C3CC3)C4)n2)cs1. The van der Waals surface area contributed by atoms with Gasteiger partial charge in [0, 0.05) is 45.5 Å². The molecule has 0 radical (unpaired) electrons. The van der Waals surface area contributed by atoms with Crippen LogP contribution in [0.2, 0.25) is 0 Å². The summed E-state index contributed by atoms with van der Waals surface area (Å²) in [6.07, 6.45) is 0.703. The molecule has 2 aliphatic heterocycles. The smallest absolute Gasteiger partial charge is 0.477 e. The molecule has 8 nitrogen and oxygen atoms in total. The van der Waals surface area contributed by atoms with E-state index in [1.54, 1.807) is 29.5 Å². The zero-order chi connectivity index (χ0) is 29.0. The zero-order valence-corrected chi connectivity index (χ0v) is 23.8. The summed E-state index contributed by atoms with van der Waals surface area (Å²) >= 11 is 2.76. The summed E-state index contributed by atoms with van der Waals surface area (Å²) in [5.74, 6) is -0.379. The molecule has 3 atom stereocenters. The minimum absolute atomic E-state index is 0.0235. The Bertz CT molecular complexity index is 1600. The van der Waals surface area contributed by atoms with Crippen molar-refractivity contribution in [3.63, 3.8) is 0 Å². The molecule has 3 aliphatic rings. The molecule has 2 bridgehead atoms. The molecular formula is C29H26F3N3O5S2. The van der Waals surface area contributed by atoms with Crippen LogP contribution in [-0.2, 0) is 11.3 Å². The predicted molar refractivity (Wildman–Crippen MR) is 150 cm³/mol. The van der Waals surface area contributed by atoms with Crippen molar-refractivity contribution in [3.05, 3.63) is 57.3 Å². The van der Waals surface area contributed by atoms with Crippen molar-refractivity contribution >= 4 is 33.8 Å². The first kappa shape index (κ1) is 27.4.